The van der Waals surface area contributed by atoms with Gasteiger partial charge in [-0.1, -0.05) is 20.3 Å². The molecule has 0 aliphatic heterocycles. The lowest BCUT2D eigenvalue weighted by atomic mass is 10.6. The molecule has 0 N–H and O–H groups in total. The molecule has 0 amide bonds. The summed E-state index contributed by atoms with van der Waals surface area (Å²) in [6.07, 6.45) is 4.44. The molecule has 0 unspecified atom stereocenters. The van der Waals surface area contributed by atoms with Gasteiger partial charge in [0.2, 0.25) is 0 Å². The number of hydrogen-bond donors (Lipinski definition) is 0. The molecule has 2 heteroatoms. The highest BCUT2D eigenvalue weighted by Crippen LogP contribution is 1.56. The molecule has 2 nitrogen and oxygen atoms in total. The largest absolute Gasteiger partial charge is 0.277 e. The van der Waals surface area contributed by atoms with Crippen molar-refractivity contribution in [3.63, 3.8) is 0 Å². The van der Waals surface area contributed by atoms with Gasteiger partial charge in [-0.15, -0.1) is 0 Å². The van der Waals surface area contributed by atoms with Crippen LogP contribution in [0.15, 0.2) is 9.98 Å². The normalized spacial score (nSPS) is 9.78. The highest BCUT2D eigenvalue weighted by molar-refractivity contribution is 5.70. The van der Waals surface area contributed by atoms with E-state index in [1.165, 1.54) is 12.8 Å². The quantitative estimate of drug-likeness (QED) is 0.382. The molecule has 0 heterocycles. The van der Waals surface area contributed by atoms with Gasteiger partial charge in [0.15, 0.2) is 0 Å². The van der Waals surface area contributed by atoms with Gasteiger partial charge in [0.1, 0.15) is 6.34 Å². The first-order valence-electron chi connectivity index (χ1n) is 3.21. The van der Waals surface area contributed by atoms with Gasteiger partial charge in [-0.3, -0.25) is 9.98 Å². The lowest BCUT2D eigenvalue weighted by Gasteiger charge is -1.64. The second kappa shape index (κ2) is 15.7. The topological polar surface area (TPSA) is 24.7 Å². The second-order valence-electron chi connectivity index (χ2n) is 1.49. The molecule has 0 radical (unpaired) electrons. The van der Waals surface area contributed by atoms with E-state index >= 15 is 0 Å². The van der Waals surface area contributed by atoms with E-state index in [2.05, 4.69) is 23.8 Å². The van der Waals surface area contributed by atoms with Gasteiger partial charge in [0, 0.05) is 13.3 Å². The minimum absolute atomic E-state index is 1.25. The number of aliphatic imine (C=N–C) groups is 2. The first-order valence-corrected chi connectivity index (χ1v) is 3.21. The Morgan fingerprint density at radius 2 is 1.78 bits per heavy atom. The molecule has 0 aromatic carbocycles. The molecule has 0 aliphatic carbocycles. The van der Waals surface area contributed by atoms with E-state index < -0.39 is 0 Å². The fraction of sp³-hybridized carbons (Fsp3) is 0.714. The molecule has 0 atom stereocenters. The van der Waals surface area contributed by atoms with Crippen LogP contribution in [0.3, 0.4) is 0 Å². The maximum absolute atomic E-state index is 3.67. The molecule has 0 rings (SSSR count). The van der Waals surface area contributed by atoms with Crippen LogP contribution in [0.1, 0.15) is 27.2 Å². The van der Waals surface area contributed by atoms with Crippen LogP contribution in [-0.4, -0.2) is 19.6 Å². The predicted molar refractivity (Wildman–Crippen MR) is 44.5 cm³/mol. The Morgan fingerprint density at radius 3 is 1.89 bits per heavy atom. The summed E-state index contributed by atoms with van der Waals surface area (Å²) >= 11 is 0. The standard InChI is InChI=1S/C4H8N2.C3H8/c1-3-6-4-5-2;1-3-2/h3-4H,1-2H3;3H2,1-2H3. The van der Waals surface area contributed by atoms with Crippen LogP contribution in [0.2, 0.25) is 0 Å². The second-order valence-corrected chi connectivity index (χ2v) is 1.49. The molecular formula is C7H16N2. The van der Waals surface area contributed by atoms with Crippen molar-refractivity contribution in [2.75, 3.05) is 7.05 Å². The van der Waals surface area contributed by atoms with E-state index in [1.807, 2.05) is 6.92 Å². The third kappa shape index (κ3) is 38.2. The van der Waals surface area contributed by atoms with E-state index in [1.54, 1.807) is 13.3 Å². The Labute approximate surface area is 57.7 Å². The molecule has 0 spiro atoms. The van der Waals surface area contributed by atoms with Gasteiger partial charge in [-0.25, -0.2) is 0 Å². The molecule has 0 bridgehead atoms. The van der Waals surface area contributed by atoms with Crippen LogP contribution in [0.5, 0.6) is 0 Å². The average Bonchev–Trinajstić information content (AvgIpc) is 1.86. The summed E-state index contributed by atoms with van der Waals surface area (Å²) in [7, 11) is 1.69. The SMILES string of the molecule is CC=NC=NC.CCC. The molecule has 0 aromatic rings. The van der Waals surface area contributed by atoms with Crippen molar-refractivity contribution < 1.29 is 0 Å². The zero-order valence-corrected chi connectivity index (χ0v) is 6.76. The van der Waals surface area contributed by atoms with E-state index in [-0.39, 0.29) is 0 Å². The zero-order valence-electron chi connectivity index (χ0n) is 6.76. The van der Waals surface area contributed by atoms with Crippen LogP contribution < -0.4 is 0 Å². The Morgan fingerprint density at radius 1 is 1.33 bits per heavy atom. The van der Waals surface area contributed by atoms with Gasteiger partial charge < -0.3 is 0 Å². The highest BCUT2D eigenvalue weighted by Gasteiger charge is 1.48. The monoisotopic (exact) mass is 128 g/mol. The van der Waals surface area contributed by atoms with Crippen molar-refractivity contribution in [2.24, 2.45) is 9.98 Å². The van der Waals surface area contributed by atoms with Crippen molar-refractivity contribution in [3.8, 4) is 0 Å². The van der Waals surface area contributed by atoms with Gasteiger partial charge in [0.25, 0.3) is 0 Å². The highest BCUT2D eigenvalue weighted by atomic mass is 14.8. The Kier molecular flexibility index (Phi) is 19.5. The molecule has 0 saturated heterocycles. The Balaban J connectivity index is 0. The summed E-state index contributed by atoms with van der Waals surface area (Å²) in [5, 5.41) is 0. The summed E-state index contributed by atoms with van der Waals surface area (Å²) in [4.78, 5) is 7.28. The number of hydrogen-bond acceptors (Lipinski definition) is 1. The third-order valence-electron chi connectivity index (χ3n) is 0.331. The van der Waals surface area contributed by atoms with Gasteiger partial charge in [0.05, 0.1) is 0 Å². The van der Waals surface area contributed by atoms with Crippen LogP contribution in [0.4, 0.5) is 0 Å². The lowest BCUT2D eigenvalue weighted by molar-refractivity contribution is 1.09. The summed E-state index contributed by atoms with van der Waals surface area (Å²) in [5.74, 6) is 0. The van der Waals surface area contributed by atoms with Crippen molar-refractivity contribution in [2.45, 2.75) is 27.2 Å². The van der Waals surface area contributed by atoms with Crippen molar-refractivity contribution >= 4 is 12.6 Å². The van der Waals surface area contributed by atoms with Gasteiger partial charge >= 0.3 is 0 Å². The predicted octanol–water partition coefficient (Wildman–Crippen LogP) is 2.15. The molecule has 54 valence electrons. The van der Waals surface area contributed by atoms with Crippen LogP contribution in [0, 0.1) is 0 Å². The average molecular weight is 128 g/mol. The van der Waals surface area contributed by atoms with Crippen LogP contribution in [0.25, 0.3) is 0 Å². The van der Waals surface area contributed by atoms with Crippen molar-refractivity contribution in [1.82, 2.24) is 0 Å². The number of rotatable bonds is 1. The lowest BCUT2D eigenvalue weighted by Crippen LogP contribution is -1.61. The van der Waals surface area contributed by atoms with E-state index in [0.717, 1.165) is 0 Å². The molecule has 0 saturated carbocycles. The Hall–Kier alpha value is -0.660. The maximum atomic E-state index is 3.67. The number of nitrogens with zero attached hydrogens (tertiary/aromatic N) is 2. The summed E-state index contributed by atoms with van der Waals surface area (Å²) in [6, 6.07) is 0. The summed E-state index contributed by atoms with van der Waals surface area (Å²) in [6.45, 7) is 6.10. The van der Waals surface area contributed by atoms with Gasteiger partial charge in [-0.2, -0.15) is 0 Å². The molecule has 0 fully saturated rings. The van der Waals surface area contributed by atoms with Crippen molar-refractivity contribution in [3.05, 3.63) is 0 Å². The van der Waals surface area contributed by atoms with Crippen LogP contribution in [-0.2, 0) is 0 Å². The first kappa shape index (κ1) is 11.2. The van der Waals surface area contributed by atoms with Crippen LogP contribution >= 0.6 is 0 Å². The fourth-order valence-electron chi connectivity index (χ4n) is 0.133. The van der Waals surface area contributed by atoms with Crippen molar-refractivity contribution in [1.29, 1.82) is 0 Å². The van der Waals surface area contributed by atoms with Gasteiger partial charge in [-0.05, 0) is 6.92 Å². The van der Waals surface area contributed by atoms with E-state index in [9.17, 15) is 0 Å². The molecule has 0 aliphatic rings. The Bertz CT molecular complexity index is 65.0. The summed E-state index contributed by atoms with van der Waals surface area (Å²) in [5.41, 5.74) is 0. The maximum Gasteiger partial charge on any atom is 0.109 e. The van der Waals surface area contributed by atoms with E-state index in [0.29, 0.717) is 0 Å². The minimum Gasteiger partial charge on any atom is -0.277 e. The third-order valence-corrected chi connectivity index (χ3v) is 0.331. The smallest absolute Gasteiger partial charge is 0.109 e. The first-order chi connectivity index (χ1) is 4.33. The molecule has 9 heavy (non-hydrogen) atoms. The molecule has 0 aromatic heterocycles. The minimum atomic E-state index is 1.25. The summed E-state index contributed by atoms with van der Waals surface area (Å²) < 4.78 is 0. The fourth-order valence-corrected chi connectivity index (χ4v) is 0.133. The molecular weight excluding hydrogens is 112 g/mol. The van der Waals surface area contributed by atoms with E-state index in [4.69, 9.17) is 0 Å². The zero-order chi connectivity index (χ0) is 7.54.